The molecule has 0 heterocycles. The van der Waals surface area contributed by atoms with Gasteiger partial charge in [0.15, 0.2) is 0 Å². The van der Waals surface area contributed by atoms with Crippen molar-refractivity contribution in [1.29, 1.82) is 0 Å². The van der Waals surface area contributed by atoms with E-state index in [-0.39, 0.29) is 13.2 Å². The molecule has 0 saturated heterocycles. The van der Waals surface area contributed by atoms with Crippen LogP contribution in [0.4, 0.5) is 0 Å². The summed E-state index contributed by atoms with van der Waals surface area (Å²) in [5, 5.41) is 4.45. The van der Waals surface area contributed by atoms with Gasteiger partial charge < -0.3 is 9.47 Å². The van der Waals surface area contributed by atoms with Crippen LogP contribution in [0, 0.1) is 0 Å². The number of ether oxygens (including phenoxy) is 2. The fourth-order valence-corrected chi connectivity index (χ4v) is 3.47. The minimum Gasteiger partial charge on any atom is -0.462 e. The van der Waals surface area contributed by atoms with Crippen molar-refractivity contribution in [1.82, 2.24) is 0 Å². The Hall–Kier alpha value is -3.40. The van der Waals surface area contributed by atoms with E-state index in [9.17, 15) is 9.59 Å². The monoisotopic (exact) mass is 374 g/mol. The lowest BCUT2D eigenvalue weighted by Gasteiger charge is -2.17. The van der Waals surface area contributed by atoms with Crippen molar-refractivity contribution < 1.29 is 19.1 Å². The maximum Gasteiger partial charge on any atom is 0.330 e. The lowest BCUT2D eigenvalue weighted by molar-refractivity contribution is -0.138. The fraction of sp³-hybridized carbons (Fsp3) is 0.167. The third kappa shape index (κ3) is 4.12. The molecule has 142 valence electrons. The minimum atomic E-state index is -0.422. The zero-order chi connectivity index (χ0) is 19.9. The van der Waals surface area contributed by atoms with E-state index < -0.39 is 11.9 Å². The highest BCUT2D eigenvalue weighted by Gasteiger charge is 2.14. The van der Waals surface area contributed by atoms with Crippen LogP contribution in [0.5, 0.6) is 0 Å². The van der Waals surface area contributed by atoms with Crippen LogP contribution in [0.2, 0.25) is 0 Å². The molecule has 3 aromatic carbocycles. The molecule has 4 nitrogen and oxygen atoms in total. The molecule has 4 heteroatoms. The molecule has 3 rings (SSSR count). The SMILES string of the molecule is C=CC(=O)OCCc1c2ccccc2c(CCOC(=O)C=C)c2ccccc12. The molecule has 0 unspecified atom stereocenters. The summed E-state index contributed by atoms with van der Waals surface area (Å²) in [5.41, 5.74) is 2.27. The number of fused-ring (bicyclic) bond motifs is 2. The van der Waals surface area contributed by atoms with Crippen molar-refractivity contribution in [2.75, 3.05) is 13.2 Å². The van der Waals surface area contributed by atoms with Crippen LogP contribution in [0.1, 0.15) is 11.1 Å². The van der Waals surface area contributed by atoms with Gasteiger partial charge in [-0.2, -0.15) is 0 Å². The molecule has 0 atom stereocenters. The van der Waals surface area contributed by atoms with E-state index in [2.05, 4.69) is 37.4 Å². The summed E-state index contributed by atoms with van der Waals surface area (Å²) in [6.07, 6.45) is 3.55. The van der Waals surface area contributed by atoms with E-state index in [1.54, 1.807) is 0 Å². The highest BCUT2D eigenvalue weighted by Crippen LogP contribution is 2.33. The first kappa shape index (κ1) is 19.4. The first-order chi connectivity index (χ1) is 13.7. The van der Waals surface area contributed by atoms with E-state index in [0.29, 0.717) is 12.8 Å². The van der Waals surface area contributed by atoms with Crippen molar-refractivity contribution in [3.63, 3.8) is 0 Å². The summed E-state index contributed by atoms with van der Waals surface area (Å²) in [4.78, 5) is 22.8. The van der Waals surface area contributed by atoms with Gasteiger partial charge in [-0.05, 0) is 32.7 Å². The molecule has 3 aromatic rings. The molecule has 0 aromatic heterocycles. The predicted molar refractivity (Wildman–Crippen MR) is 111 cm³/mol. The Morgan fingerprint density at radius 1 is 0.679 bits per heavy atom. The van der Waals surface area contributed by atoms with Crippen LogP contribution >= 0.6 is 0 Å². The average molecular weight is 374 g/mol. The third-order valence-electron chi connectivity index (χ3n) is 4.68. The zero-order valence-electron chi connectivity index (χ0n) is 15.6. The molecular formula is C24H22O4. The molecule has 0 aliphatic carbocycles. The van der Waals surface area contributed by atoms with Crippen molar-refractivity contribution >= 4 is 33.5 Å². The summed E-state index contributed by atoms with van der Waals surface area (Å²) >= 11 is 0. The van der Waals surface area contributed by atoms with Gasteiger partial charge >= 0.3 is 11.9 Å². The molecule has 0 fully saturated rings. The summed E-state index contributed by atoms with van der Waals surface area (Å²) in [7, 11) is 0. The standard InChI is InChI=1S/C24H22O4/c1-3-23(25)27-15-13-21-17-9-5-7-11-19(17)22(14-16-28-24(26)4-2)20-12-8-6-10-18(20)21/h3-12H,1-2,13-16H2. The van der Waals surface area contributed by atoms with Gasteiger partial charge in [0.05, 0.1) is 13.2 Å². The number of rotatable bonds is 8. The largest absolute Gasteiger partial charge is 0.462 e. The molecule has 0 saturated carbocycles. The highest BCUT2D eigenvalue weighted by atomic mass is 16.5. The number of carbonyl (C=O) groups excluding carboxylic acids is 2. The maximum atomic E-state index is 11.4. The van der Waals surface area contributed by atoms with Crippen LogP contribution in [0.15, 0.2) is 73.8 Å². The van der Waals surface area contributed by atoms with Crippen LogP contribution in [0.3, 0.4) is 0 Å². The smallest absolute Gasteiger partial charge is 0.330 e. The molecular weight excluding hydrogens is 352 g/mol. The topological polar surface area (TPSA) is 52.6 Å². The van der Waals surface area contributed by atoms with Crippen molar-refractivity contribution in [2.45, 2.75) is 12.8 Å². The van der Waals surface area contributed by atoms with Gasteiger partial charge in [-0.25, -0.2) is 9.59 Å². The van der Waals surface area contributed by atoms with Crippen molar-refractivity contribution in [2.24, 2.45) is 0 Å². The van der Waals surface area contributed by atoms with Gasteiger partial charge in [0.2, 0.25) is 0 Å². The maximum absolute atomic E-state index is 11.4. The molecule has 0 aliphatic heterocycles. The predicted octanol–water partition coefficient (Wildman–Crippen LogP) is 4.54. The van der Waals surface area contributed by atoms with E-state index in [1.165, 1.54) is 12.2 Å². The molecule has 0 N–H and O–H groups in total. The Morgan fingerprint density at radius 2 is 1.00 bits per heavy atom. The van der Waals surface area contributed by atoms with Crippen LogP contribution in [-0.4, -0.2) is 25.2 Å². The quantitative estimate of drug-likeness (QED) is 0.330. The number of benzene rings is 3. The Bertz CT molecular complexity index is 908. The van der Waals surface area contributed by atoms with Gasteiger partial charge in [0, 0.05) is 25.0 Å². The molecule has 0 spiro atoms. The number of carbonyl (C=O) groups is 2. The van der Waals surface area contributed by atoms with E-state index >= 15 is 0 Å². The summed E-state index contributed by atoms with van der Waals surface area (Å²) in [5.74, 6) is -0.844. The lowest BCUT2D eigenvalue weighted by atomic mass is 9.89. The zero-order valence-corrected chi connectivity index (χ0v) is 15.6. The normalized spacial score (nSPS) is 10.6. The lowest BCUT2D eigenvalue weighted by Crippen LogP contribution is -2.07. The second kappa shape index (κ2) is 9.00. The Kier molecular flexibility index (Phi) is 6.22. The minimum absolute atomic E-state index is 0.287. The Morgan fingerprint density at radius 3 is 1.29 bits per heavy atom. The number of hydrogen-bond acceptors (Lipinski definition) is 4. The first-order valence-electron chi connectivity index (χ1n) is 9.15. The van der Waals surface area contributed by atoms with Gasteiger partial charge in [-0.1, -0.05) is 61.7 Å². The summed E-state index contributed by atoms with van der Waals surface area (Å²) in [6, 6.07) is 16.3. The van der Waals surface area contributed by atoms with Crippen LogP contribution in [-0.2, 0) is 31.9 Å². The van der Waals surface area contributed by atoms with Gasteiger partial charge in [-0.3, -0.25) is 0 Å². The number of hydrogen-bond donors (Lipinski definition) is 0. The van der Waals surface area contributed by atoms with E-state index in [0.717, 1.165) is 32.7 Å². The van der Waals surface area contributed by atoms with E-state index in [1.807, 2.05) is 24.3 Å². The first-order valence-corrected chi connectivity index (χ1v) is 9.15. The van der Waals surface area contributed by atoms with Crippen LogP contribution in [0.25, 0.3) is 21.5 Å². The van der Waals surface area contributed by atoms with Gasteiger partial charge in [0.25, 0.3) is 0 Å². The second-order valence-corrected chi connectivity index (χ2v) is 6.29. The molecule has 28 heavy (non-hydrogen) atoms. The number of esters is 2. The highest BCUT2D eigenvalue weighted by molar-refractivity contribution is 6.05. The third-order valence-corrected chi connectivity index (χ3v) is 4.68. The molecule has 0 aliphatic rings. The molecule has 0 amide bonds. The fourth-order valence-electron chi connectivity index (χ4n) is 3.47. The van der Waals surface area contributed by atoms with Crippen LogP contribution < -0.4 is 0 Å². The average Bonchev–Trinajstić information content (AvgIpc) is 2.74. The Balaban J connectivity index is 2.05. The van der Waals surface area contributed by atoms with Gasteiger partial charge in [-0.15, -0.1) is 0 Å². The van der Waals surface area contributed by atoms with E-state index in [4.69, 9.17) is 9.47 Å². The summed E-state index contributed by atoms with van der Waals surface area (Å²) < 4.78 is 10.4. The molecule has 0 bridgehead atoms. The van der Waals surface area contributed by atoms with Crippen molar-refractivity contribution in [3.05, 3.63) is 85.0 Å². The summed E-state index contributed by atoms with van der Waals surface area (Å²) in [6.45, 7) is 7.43. The molecule has 0 radical (unpaired) electrons. The van der Waals surface area contributed by atoms with Crippen molar-refractivity contribution in [3.8, 4) is 0 Å². The van der Waals surface area contributed by atoms with Gasteiger partial charge in [0.1, 0.15) is 0 Å². The Labute approximate surface area is 164 Å². The second-order valence-electron chi connectivity index (χ2n) is 6.29.